The Morgan fingerprint density at radius 2 is 1.57 bits per heavy atom. The molecule has 1 aliphatic carbocycles. The van der Waals surface area contributed by atoms with E-state index < -0.39 is 0 Å². The SMILES string of the molecule is CC1=[C-]CC=C1C.Cc1c(C)n(-c2cc3ccccc3[cH-]2)c2ccccc12.[Br-].[Br-].[Zr+4]. The second-order valence-electron chi connectivity index (χ2n) is 7.30. The van der Waals surface area contributed by atoms with Gasteiger partial charge in [-0.25, -0.2) is 11.1 Å². The second-order valence-corrected chi connectivity index (χ2v) is 7.30. The summed E-state index contributed by atoms with van der Waals surface area (Å²) in [6, 6.07) is 21.7. The van der Waals surface area contributed by atoms with E-state index in [-0.39, 0.29) is 60.2 Å². The number of hydrogen-bond acceptors (Lipinski definition) is 0. The molecule has 0 aliphatic heterocycles. The molecule has 1 heterocycles. The third-order valence-corrected chi connectivity index (χ3v) is 5.66. The Balaban J connectivity index is 0.000000391. The maximum atomic E-state index is 3.19. The van der Waals surface area contributed by atoms with Gasteiger partial charge in [-0.3, -0.25) is 6.08 Å². The van der Waals surface area contributed by atoms with Gasteiger partial charge in [0.05, 0.1) is 5.52 Å². The largest absolute Gasteiger partial charge is 4.00 e. The van der Waals surface area contributed by atoms with Crippen molar-refractivity contribution in [3.63, 3.8) is 0 Å². The third kappa shape index (κ3) is 5.21. The van der Waals surface area contributed by atoms with E-state index in [0.717, 1.165) is 6.42 Å². The molecule has 1 aromatic heterocycles. The summed E-state index contributed by atoms with van der Waals surface area (Å²) in [6.45, 7) is 8.62. The van der Waals surface area contributed by atoms with Crippen LogP contribution >= 0.6 is 0 Å². The summed E-state index contributed by atoms with van der Waals surface area (Å²) >= 11 is 0. The first kappa shape index (κ1) is 26.9. The zero-order valence-electron chi connectivity index (χ0n) is 17.8. The number of aromatic nitrogens is 1. The standard InChI is InChI=1S/C19H16N.C7H9.2BrH.Zr/c1-13-14(2)20(19-10-6-5-9-18(13)19)17-11-15-7-3-4-8-16(15)12-17;1-6-4-3-5-7(6)2;;;/h3-12H,1-2H3;4H,3H2,1-2H3;2*1H;/q2*-1;;;+4/p-2. The van der Waals surface area contributed by atoms with Crippen LogP contribution in [0.25, 0.3) is 27.4 Å². The summed E-state index contributed by atoms with van der Waals surface area (Å²) in [5.41, 5.74) is 7.94. The number of hydrogen-bond donors (Lipinski definition) is 0. The first-order valence-electron chi connectivity index (χ1n) is 9.53. The number of fused-ring (bicyclic) bond motifs is 2. The molecule has 1 aliphatic rings. The van der Waals surface area contributed by atoms with Crippen molar-refractivity contribution >= 4 is 21.7 Å². The Kier molecular flexibility index (Phi) is 10.3. The van der Waals surface area contributed by atoms with E-state index in [9.17, 15) is 0 Å². The van der Waals surface area contributed by atoms with Crippen LogP contribution in [0.4, 0.5) is 0 Å². The third-order valence-electron chi connectivity index (χ3n) is 5.66. The number of benzene rings is 2. The minimum absolute atomic E-state index is 0. The minimum Gasteiger partial charge on any atom is -1.00 e. The molecule has 152 valence electrons. The van der Waals surface area contributed by atoms with Crippen LogP contribution in [0.1, 0.15) is 31.5 Å². The van der Waals surface area contributed by atoms with E-state index in [0.29, 0.717) is 0 Å². The Morgan fingerprint density at radius 1 is 0.900 bits per heavy atom. The zero-order chi connectivity index (χ0) is 19.0. The van der Waals surface area contributed by atoms with Crippen LogP contribution in [0, 0.1) is 19.9 Å². The topological polar surface area (TPSA) is 4.93 Å². The van der Waals surface area contributed by atoms with Crippen LogP contribution in [0.5, 0.6) is 0 Å². The Morgan fingerprint density at radius 3 is 2.17 bits per heavy atom. The molecule has 3 aromatic carbocycles. The fourth-order valence-corrected chi connectivity index (χ4v) is 3.77. The number of nitrogens with zero attached hydrogens (tertiary/aromatic N) is 1. The Bertz CT molecular complexity index is 1150. The molecule has 0 atom stereocenters. The maximum absolute atomic E-state index is 3.19. The molecule has 0 bridgehead atoms. The summed E-state index contributed by atoms with van der Waals surface area (Å²) in [5, 5.41) is 3.95. The smallest absolute Gasteiger partial charge is 1.00 e. The van der Waals surface area contributed by atoms with Crippen LogP contribution in [-0.2, 0) is 26.2 Å². The fraction of sp³-hybridized carbons (Fsp3) is 0.192. The minimum atomic E-state index is 0. The van der Waals surface area contributed by atoms with Gasteiger partial charge in [-0.15, -0.1) is 54.4 Å². The van der Waals surface area contributed by atoms with Crippen molar-refractivity contribution in [2.24, 2.45) is 0 Å². The molecule has 30 heavy (non-hydrogen) atoms. The maximum Gasteiger partial charge on any atom is 4.00 e. The van der Waals surface area contributed by atoms with E-state index in [1.54, 1.807) is 0 Å². The van der Waals surface area contributed by atoms with Crippen molar-refractivity contribution in [2.75, 3.05) is 0 Å². The molecule has 0 saturated heterocycles. The molecule has 0 spiro atoms. The van der Waals surface area contributed by atoms with Crippen molar-refractivity contribution in [3.05, 3.63) is 95.2 Å². The van der Waals surface area contributed by atoms with Crippen molar-refractivity contribution < 1.29 is 60.2 Å². The number of para-hydroxylation sites is 1. The number of rotatable bonds is 1. The molecule has 0 unspecified atom stereocenters. The molecular formula is C26H25Br2NZr. The van der Waals surface area contributed by atoms with Crippen molar-refractivity contribution in [3.8, 4) is 5.69 Å². The number of halogens is 2. The Labute approximate surface area is 219 Å². The van der Waals surface area contributed by atoms with E-state index in [1.807, 2.05) is 0 Å². The predicted molar refractivity (Wildman–Crippen MR) is 117 cm³/mol. The molecule has 0 radical (unpaired) electrons. The van der Waals surface area contributed by atoms with Gasteiger partial charge in [-0.1, -0.05) is 31.2 Å². The van der Waals surface area contributed by atoms with Gasteiger partial charge in [0.25, 0.3) is 0 Å². The molecule has 0 saturated carbocycles. The molecule has 4 aromatic rings. The molecule has 1 nitrogen and oxygen atoms in total. The van der Waals surface area contributed by atoms with Crippen LogP contribution in [-0.4, -0.2) is 4.57 Å². The quantitative estimate of drug-likeness (QED) is 0.289. The molecule has 0 N–H and O–H groups in total. The van der Waals surface area contributed by atoms with E-state index >= 15 is 0 Å². The summed E-state index contributed by atoms with van der Waals surface area (Å²) in [6.07, 6.45) is 6.41. The first-order chi connectivity index (χ1) is 13.1. The van der Waals surface area contributed by atoms with Crippen molar-refractivity contribution in [1.82, 2.24) is 4.57 Å². The normalized spacial score (nSPS) is 12.1. The summed E-state index contributed by atoms with van der Waals surface area (Å²) in [4.78, 5) is 0. The van der Waals surface area contributed by atoms with Gasteiger partial charge < -0.3 is 38.5 Å². The summed E-state index contributed by atoms with van der Waals surface area (Å²) in [5.74, 6) is 0. The summed E-state index contributed by atoms with van der Waals surface area (Å²) in [7, 11) is 0. The molecular weight excluding hydrogens is 577 g/mol. The molecule has 0 fully saturated rings. The van der Waals surface area contributed by atoms with Crippen molar-refractivity contribution in [2.45, 2.75) is 34.1 Å². The van der Waals surface area contributed by atoms with Gasteiger partial charge in [0.2, 0.25) is 0 Å². The zero-order valence-corrected chi connectivity index (χ0v) is 23.4. The van der Waals surface area contributed by atoms with Crippen LogP contribution in [0.2, 0.25) is 0 Å². The van der Waals surface area contributed by atoms with Crippen LogP contribution in [0.3, 0.4) is 0 Å². The van der Waals surface area contributed by atoms with E-state index in [1.165, 1.54) is 49.8 Å². The molecule has 5 rings (SSSR count). The number of aryl methyl sites for hydroxylation is 1. The van der Waals surface area contributed by atoms with Crippen molar-refractivity contribution in [1.29, 1.82) is 0 Å². The van der Waals surface area contributed by atoms with Gasteiger partial charge in [-0.05, 0) is 31.2 Å². The van der Waals surface area contributed by atoms with Crippen LogP contribution < -0.4 is 34.0 Å². The monoisotopic (exact) mass is 599 g/mol. The van der Waals surface area contributed by atoms with E-state index in [4.69, 9.17) is 0 Å². The fourth-order valence-electron chi connectivity index (χ4n) is 3.77. The average molecular weight is 603 g/mol. The molecule has 4 heteroatoms. The van der Waals surface area contributed by atoms with Gasteiger partial charge in [0, 0.05) is 11.1 Å². The van der Waals surface area contributed by atoms with Gasteiger partial charge in [0.15, 0.2) is 0 Å². The molecule has 0 amide bonds. The Hall–Kier alpha value is -1.09. The van der Waals surface area contributed by atoms with Crippen LogP contribution in [0.15, 0.2) is 77.9 Å². The average Bonchev–Trinajstić information content (AvgIpc) is 3.34. The van der Waals surface area contributed by atoms with Gasteiger partial charge in [0.1, 0.15) is 0 Å². The van der Waals surface area contributed by atoms with Gasteiger partial charge in [-0.2, -0.15) is 6.08 Å². The van der Waals surface area contributed by atoms with E-state index in [2.05, 4.69) is 105 Å². The first-order valence-corrected chi connectivity index (χ1v) is 9.53. The predicted octanol–water partition coefficient (Wildman–Crippen LogP) is 1.21. The van der Waals surface area contributed by atoms with Gasteiger partial charge >= 0.3 is 26.2 Å². The second kappa shape index (κ2) is 11.5. The number of allylic oxidation sites excluding steroid dienone is 4. The summed E-state index contributed by atoms with van der Waals surface area (Å²) < 4.78 is 2.37.